The van der Waals surface area contributed by atoms with Crippen molar-refractivity contribution < 1.29 is 4.42 Å². The number of fused-ring (bicyclic) bond motifs is 10. The molecule has 2 aliphatic carbocycles. The average molecular weight is 514 g/mol. The minimum Gasteiger partial charge on any atom is -0.456 e. The number of para-hydroxylation sites is 1. The molecule has 0 radical (unpaired) electrons. The van der Waals surface area contributed by atoms with Crippen LogP contribution in [0.3, 0.4) is 0 Å². The molecule has 2 aliphatic rings. The lowest BCUT2D eigenvalue weighted by atomic mass is 9.70. The molecule has 5 aromatic carbocycles. The van der Waals surface area contributed by atoms with E-state index in [9.17, 15) is 0 Å². The third-order valence-electron chi connectivity index (χ3n) is 8.72. The van der Waals surface area contributed by atoms with Gasteiger partial charge < -0.3 is 9.73 Å². The molecule has 0 aliphatic heterocycles. The summed E-state index contributed by atoms with van der Waals surface area (Å²) in [7, 11) is 0. The van der Waals surface area contributed by atoms with Crippen LogP contribution in [0.15, 0.2) is 150 Å². The molecule has 8 rings (SSSR count). The maximum Gasteiger partial charge on any atom is 0.137 e. The lowest BCUT2D eigenvalue weighted by molar-refractivity contribution is 0.669. The van der Waals surface area contributed by atoms with Crippen LogP contribution in [-0.2, 0) is 5.41 Å². The first-order valence-electron chi connectivity index (χ1n) is 13.7. The van der Waals surface area contributed by atoms with Crippen LogP contribution < -0.4 is 5.32 Å². The van der Waals surface area contributed by atoms with Crippen molar-refractivity contribution in [2.75, 3.05) is 5.32 Å². The van der Waals surface area contributed by atoms with E-state index >= 15 is 0 Å². The highest BCUT2D eigenvalue weighted by atomic mass is 16.3. The summed E-state index contributed by atoms with van der Waals surface area (Å²) in [6, 6.07) is 41.1. The topological polar surface area (TPSA) is 25.2 Å². The second-order valence-electron chi connectivity index (χ2n) is 10.6. The van der Waals surface area contributed by atoms with Gasteiger partial charge in [-0.15, -0.1) is 0 Å². The van der Waals surface area contributed by atoms with E-state index in [1.54, 1.807) is 0 Å². The smallest absolute Gasteiger partial charge is 0.137 e. The van der Waals surface area contributed by atoms with Gasteiger partial charge in [-0.3, -0.25) is 0 Å². The van der Waals surface area contributed by atoms with E-state index in [1.165, 1.54) is 44.5 Å². The Hall–Kier alpha value is -5.08. The van der Waals surface area contributed by atoms with Gasteiger partial charge in [0.05, 0.1) is 16.5 Å². The molecule has 1 spiro atoms. The zero-order chi connectivity index (χ0) is 26.8. The van der Waals surface area contributed by atoms with Gasteiger partial charge in [0.1, 0.15) is 11.2 Å². The van der Waals surface area contributed by atoms with E-state index < -0.39 is 0 Å². The van der Waals surface area contributed by atoms with Crippen LogP contribution in [0.25, 0.3) is 38.6 Å². The molecule has 1 heterocycles. The molecule has 0 amide bonds. The summed E-state index contributed by atoms with van der Waals surface area (Å²) in [4.78, 5) is 0. The maximum atomic E-state index is 6.20. The van der Waals surface area contributed by atoms with Crippen LogP contribution in [0.1, 0.15) is 29.2 Å². The van der Waals surface area contributed by atoms with E-state index in [-0.39, 0.29) is 5.41 Å². The fraction of sp³-hybridized carbons (Fsp3) is 0.0526. The number of anilines is 1. The Bertz CT molecular complexity index is 2020. The summed E-state index contributed by atoms with van der Waals surface area (Å²) in [6.45, 7) is 6.41. The van der Waals surface area contributed by atoms with Crippen LogP contribution >= 0.6 is 0 Å². The normalized spacial score (nSPS) is 15.0. The number of rotatable bonds is 4. The van der Waals surface area contributed by atoms with Crippen LogP contribution in [0.2, 0.25) is 0 Å². The van der Waals surface area contributed by atoms with Crippen molar-refractivity contribution in [1.82, 2.24) is 0 Å². The molecule has 1 aromatic heterocycles. The molecular weight excluding hydrogens is 486 g/mol. The third-order valence-corrected chi connectivity index (χ3v) is 8.72. The third kappa shape index (κ3) is 2.88. The predicted molar refractivity (Wildman–Crippen MR) is 166 cm³/mol. The van der Waals surface area contributed by atoms with Crippen molar-refractivity contribution in [2.24, 2.45) is 0 Å². The van der Waals surface area contributed by atoms with Gasteiger partial charge in [-0.2, -0.15) is 0 Å². The van der Waals surface area contributed by atoms with Crippen molar-refractivity contribution in [1.29, 1.82) is 0 Å². The zero-order valence-corrected chi connectivity index (χ0v) is 22.2. The van der Waals surface area contributed by atoms with Gasteiger partial charge in [0.15, 0.2) is 0 Å². The lowest BCUT2D eigenvalue weighted by Gasteiger charge is -2.31. The standard InChI is InChI=1S/C38H27NO/c1-3-13-32(39-33-21-12-23-35-37(33)28-17-7-11-22-34(28)40-35)36-24(2)38(31-20-10-6-16-27(31)36)29-18-8-4-14-25(29)26-15-5-9-19-30(26)38/h3-23,39H,1H2,2H3/b32-13+. The highest BCUT2D eigenvalue weighted by Crippen LogP contribution is 2.62. The van der Waals surface area contributed by atoms with Crippen LogP contribution in [0.4, 0.5) is 5.69 Å². The van der Waals surface area contributed by atoms with Gasteiger partial charge in [0.2, 0.25) is 0 Å². The van der Waals surface area contributed by atoms with E-state index in [2.05, 4.69) is 116 Å². The first-order chi connectivity index (χ1) is 19.7. The predicted octanol–water partition coefficient (Wildman–Crippen LogP) is 9.87. The van der Waals surface area contributed by atoms with Crippen molar-refractivity contribution in [3.8, 4) is 11.1 Å². The average Bonchev–Trinajstić information content (AvgIpc) is 3.61. The minimum absolute atomic E-state index is 0.352. The Kier molecular flexibility index (Phi) is 4.84. The van der Waals surface area contributed by atoms with E-state index in [4.69, 9.17) is 4.42 Å². The fourth-order valence-corrected chi connectivity index (χ4v) is 7.23. The Balaban J connectivity index is 1.40. The SMILES string of the molecule is C=C/C=C(/Nc1cccc2oc3ccccc3c12)C1=C(C)C2(c3ccccc31)c1ccccc1-c1ccccc12. The Morgan fingerprint density at radius 3 is 1.95 bits per heavy atom. The summed E-state index contributed by atoms with van der Waals surface area (Å²) < 4.78 is 6.20. The van der Waals surface area contributed by atoms with Crippen LogP contribution in [-0.4, -0.2) is 0 Å². The zero-order valence-electron chi connectivity index (χ0n) is 22.2. The highest BCUT2D eigenvalue weighted by molar-refractivity contribution is 6.12. The summed E-state index contributed by atoms with van der Waals surface area (Å²) in [6.07, 6.45) is 3.98. The number of allylic oxidation sites excluding steroid dienone is 4. The molecule has 0 saturated heterocycles. The molecular formula is C38H27NO. The molecule has 0 saturated carbocycles. The van der Waals surface area contributed by atoms with Gasteiger partial charge in [-0.05, 0) is 70.2 Å². The molecule has 190 valence electrons. The highest BCUT2D eigenvalue weighted by Gasteiger charge is 2.51. The van der Waals surface area contributed by atoms with Crippen molar-refractivity contribution in [3.63, 3.8) is 0 Å². The van der Waals surface area contributed by atoms with Crippen LogP contribution in [0, 0.1) is 0 Å². The van der Waals surface area contributed by atoms with Gasteiger partial charge in [0, 0.05) is 16.7 Å². The van der Waals surface area contributed by atoms with Crippen molar-refractivity contribution in [3.05, 3.63) is 168 Å². The Morgan fingerprint density at radius 2 is 1.25 bits per heavy atom. The molecule has 0 atom stereocenters. The van der Waals surface area contributed by atoms with E-state index in [0.717, 1.165) is 33.3 Å². The quantitative estimate of drug-likeness (QED) is 0.237. The van der Waals surface area contributed by atoms with Crippen molar-refractivity contribution >= 4 is 33.2 Å². The second-order valence-corrected chi connectivity index (χ2v) is 10.6. The molecule has 6 aromatic rings. The fourth-order valence-electron chi connectivity index (χ4n) is 7.23. The van der Waals surface area contributed by atoms with E-state index in [1.807, 2.05) is 30.3 Å². The molecule has 0 unspecified atom stereocenters. The molecule has 40 heavy (non-hydrogen) atoms. The molecule has 2 heteroatoms. The van der Waals surface area contributed by atoms with Gasteiger partial charge in [-0.1, -0.05) is 110 Å². The number of hydrogen-bond donors (Lipinski definition) is 1. The summed E-state index contributed by atoms with van der Waals surface area (Å²) >= 11 is 0. The monoisotopic (exact) mass is 513 g/mol. The second kappa shape index (κ2) is 8.46. The first-order valence-corrected chi connectivity index (χ1v) is 13.7. The maximum absolute atomic E-state index is 6.20. The summed E-state index contributed by atoms with van der Waals surface area (Å²) in [5.41, 5.74) is 13.9. The molecule has 1 N–H and O–H groups in total. The van der Waals surface area contributed by atoms with Crippen molar-refractivity contribution in [2.45, 2.75) is 12.3 Å². The number of benzene rings is 5. The number of furan rings is 1. The Labute approximate surface area is 233 Å². The lowest BCUT2D eigenvalue weighted by Crippen LogP contribution is -2.26. The first kappa shape index (κ1) is 22.9. The summed E-state index contributed by atoms with van der Waals surface area (Å²) in [5, 5.41) is 6.03. The minimum atomic E-state index is -0.352. The Morgan fingerprint density at radius 1 is 0.675 bits per heavy atom. The van der Waals surface area contributed by atoms with Gasteiger partial charge >= 0.3 is 0 Å². The molecule has 2 nitrogen and oxygen atoms in total. The van der Waals surface area contributed by atoms with E-state index in [0.29, 0.717) is 0 Å². The molecule has 0 fully saturated rings. The summed E-state index contributed by atoms with van der Waals surface area (Å²) in [5.74, 6) is 0. The number of nitrogens with one attached hydrogen (secondary N) is 1. The largest absolute Gasteiger partial charge is 0.456 e. The number of hydrogen-bond acceptors (Lipinski definition) is 2. The van der Waals surface area contributed by atoms with Gasteiger partial charge in [0.25, 0.3) is 0 Å². The van der Waals surface area contributed by atoms with Gasteiger partial charge in [-0.25, -0.2) is 0 Å². The van der Waals surface area contributed by atoms with Crippen LogP contribution in [0.5, 0.6) is 0 Å². The molecule has 0 bridgehead atoms.